The molecule has 0 bridgehead atoms. The predicted octanol–water partition coefficient (Wildman–Crippen LogP) is 1.65. The average molecular weight is 190 g/mol. The molecule has 0 atom stereocenters. The Morgan fingerprint density at radius 2 is 1.29 bits per heavy atom. The summed E-state index contributed by atoms with van der Waals surface area (Å²) in [6.45, 7) is 0. The van der Waals surface area contributed by atoms with Crippen LogP contribution in [0, 0.1) is 0 Å². The third-order valence-corrected chi connectivity index (χ3v) is 1.99. The van der Waals surface area contributed by atoms with E-state index in [1.165, 1.54) is 0 Å². The molecule has 0 spiro atoms. The van der Waals surface area contributed by atoms with Gasteiger partial charge < -0.3 is 9.47 Å². The first kappa shape index (κ1) is 8.74. The highest BCUT2D eigenvalue weighted by atomic mass is 16.5. The van der Waals surface area contributed by atoms with E-state index in [9.17, 15) is 0 Å². The molecule has 0 saturated carbocycles. The number of methoxy groups -OCH3 is 2. The summed E-state index contributed by atoms with van der Waals surface area (Å²) >= 11 is 0. The van der Waals surface area contributed by atoms with Crippen LogP contribution in [0.25, 0.3) is 11.0 Å². The van der Waals surface area contributed by atoms with Crippen LogP contribution in [0.2, 0.25) is 0 Å². The Morgan fingerprint density at radius 3 is 1.64 bits per heavy atom. The molecule has 0 aliphatic heterocycles. The van der Waals surface area contributed by atoms with Crippen LogP contribution in [0.15, 0.2) is 24.5 Å². The number of hydrogen-bond donors (Lipinski definition) is 0. The smallest absolute Gasteiger partial charge is 0.146 e. The average Bonchev–Trinajstić information content (AvgIpc) is 2.27. The number of fused-ring (bicyclic) bond motifs is 1. The van der Waals surface area contributed by atoms with E-state index in [1.54, 1.807) is 26.6 Å². The standard InChI is InChI=1S/C10H10N2O2/c1-13-7-3-4-8(14-2)10-9(7)11-5-6-12-10/h3-6H,1-2H3. The van der Waals surface area contributed by atoms with Crippen LogP contribution < -0.4 is 9.47 Å². The molecule has 4 nitrogen and oxygen atoms in total. The summed E-state index contributed by atoms with van der Waals surface area (Å²) < 4.78 is 10.3. The molecule has 2 aromatic rings. The summed E-state index contributed by atoms with van der Waals surface area (Å²) in [6.07, 6.45) is 3.26. The molecule has 0 unspecified atom stereocenters. The summed E-state index contributed by atoms with van der Waals surface area (Å²) in [7, 11) is 3.21. The molecule has 0 radical (unpaired) electrons. The second-order valence-corrected chi connectivity index (χ2v) is 2.72. The first-order chi connectivity index (χ1) is 6.86. The van der Waals surface area contributed by atoms with Crippen molar-refractivity contribution in [1.82, 2.24) is 9.97 Å². The molecule has 1 aromatic heterocycles. The molecule has 72 valence electrons. The molecule has 0 saturated heterocycles. The van der Waals surface area contributed by atoms with Crippen molar-refractivity contribution in [3.8, 4) is 11.5 Å². The van der Waals surface area contributed by atoms with Gasteiger partial charge in [-0.2, -0.15) is 0 Å². The van der Waals surface area contributed by atoms with Crippen molar-refractivity contribution in [2.24, 2.45) is 0 Å². The van der Waals surface area contributed by atoms with Crippen molar-refractivity contribution in [3.63, 3.8) is 0 Å². The number of hydrogen-bond acceptors (Lipinski definition) is 4. The van der Waals surface area contributed by atoms with E-state index in [-0.39, 0.29) is 0 Å². The molecule has 1 aromatic carbocycles. The van der Waals surface area contributed by atoms with E-state index in [4.69, 9.17) is 9.47 Å². The lowest BCUT2D eigenvalue weighted by molar-refractivity contribution is 0.409. The van der Waals surface area contributed by atoms with Gasteiger partial charge in [0.25, 0.3) is 0 Å². The molecule has 0 fully saturated rings. The van der Waals surface area contributed by atoms with E-state index in [2.05, 4.69) is 9.97 Å². The molecule has 14 heavy (non-hydrogen) atoms. The topological polar surface area (TPSA) is 44.2 Å². The normalized spacial score (nSPS) is 10.1. The molecular weight excluding hydrogens is 180 g/mol. The highest BCUT2D eigenvalue weighted by molar-refractivity contribution is 5.86. The fraction of sp³-hybridized carbons (Fsp3) is 0.200. The van der Waals surface area contributed by atoms with E-state index in [0.29, 0.717) is 22.5 Å². The molecular formula is C10H10N2O2. The Labute approximate surface area is 81.5 Å². The fourth-order valence-corrected chi connectivity index (χ4v) is 1.34. The van der Waals surface area contributed by atoms with Gasteiger partial charge in [-0.1, -0.05) is 0 Å². The molecule has 1 heterocycles. The summed E-state index contributed by atoms with van der Waals surface area (Å²) in [5.41, 5.74) is 1.43. The van der Waals surface area contributed by atoms with Gasteiger partial charge in [-0.15, -0.1) is 0 Å². The Kier molecular flexibility index (Phi) is 2.18. The fourth-order valence-electron chi connectivity index (χ4n) is 1.34. The number of rotatable bonds is 2. The Morgan fingerprint density at radius 1 is 0.857 bits per heavy atom. The highest BCUT2D eigenvalue weighted by Crippen LogP contribution is 2.29. The number of aromatic nitrogens is 2. The van der Waals surface area contributed by atoms with E-state index >= 15 is 0 Å². The van der Waals surface area contributed by atoms with Crippen LogP contribution >= 0.6 is 0 Å². The van der Waals surface area contributed by atoms with Gasteiger partial charge in [0, 0.05) is 12.4 Å². The minimum atomic E-state index is 0.703. The maximum atomic E-state index is 5.17. The van der Waals surface area contributed by atoms with Gasteiger partial charge in [-0.05, 0) is 12.1 Å². The third kappa shape index (κ3) is 1.25. The van der Waals surface area contributed by atoms with Gasteiger partial charge in [0.15, 0.2) is 0 Å². The first-order valence-corrected chi connectivity index (χ1v) is 4.18. The van der Waals surface area contributed by atoms with E-state index in [1.807, 2.05) is 12.1 Å². The second kappa shape index (κ2) is 3.49. The lowest BCUT2D eigenvalue weighted by atomic mass is 10.2. The lowest BCUT2D eigenvalue weighted by Crippen LogP contribution is -1.92. The monoisotopic (exact) mass is 190 g/mol. The van der Waals surface area contributed by atoms with Crippen molar-refractivity contribution >= 4 is 11.0 Å². The Hall–Kier alpha value is -1.84. The molecule has 0 N–H and O–H groups in total. The summed E-state index contributed by atoms with van der Waals surface area (Å²) in [5.74, 6) is 1.41. The lowest BCUT2D eigenvalue weighted by Gasteiger charge is -2.06. The summed E-state index contributed by atoms with van der Waals surface area (Å²) in [5, 5.41) is 0. The molecule has 0 aliphatic carbocycles. The van der Waals surface area contributed by atoms with Crippen molar-refractivity contribution in [2.75, 3.05) is 14.2 Å². The van der Waals surface area contributed by atoms with Crippen LogP contribution in [0.4, 0.5) is 0 Å². The van der Waals surface area contributed by atoms with Crippen LogP contribution in [-0.2, 0) is 0 Å². The van der Waals surface area contributed by atoms with Gasteiger partial charge in [0.05, 0.1) is 14.2 Å². The van der Waals surface area contributed by atoms with Gasteiger partial charge in [-0.25, -0.2) is 9.97 Å². The predicted molar refractivity (Wildman–Crippen MR) is 52.6 cm³/mol. The van der Waals surface area contributed by atoms with Crippen molar-refractivity contribution in [1.29, 1.82) is 0 Å². The van der Waals surface area contributed by atoms with Gasteiger partial charge >= 0.3 is 0 Å². The molecule has 0 aliphatic rings. The maximum Gasteiger partial charge on any atom is 0.146 e. The van der Waals surface area contributed by atoms with Gasteiger partial charge in [0.2, 0.25) is 0 Å². The number of ether oxygens (including phenoxy) is 2. The zero-order valence-corrected chi connectivity index (χ0v) is 8.02. The van der Waals surface area contributed by atoms with Crippen LogP contribution in [0.3, 0.4) is 0 Å². The van der Waals surface area contributed by atoms with Crippen LogP contribution in [0.1, 0.15) is 0 Å². The SMILES string of the molecule is COc1ccc(OC)c2nccnc12. The highest BCUT2D eigenvalue weighted by Gasteiger charge is 2.07. The van der Waals surface area contributed by atoms with Gasteiger partial charge in [0.1, 0.15) is 22.5 Å². The zero-order valence-electron chi connectivity index (χ0n) is 8.02. The van der Waals surface area contributed by atoms with Crippen LogP contribution in [-0.4, -0.2) is 24.2 Å². The summed E-state index contributed by atoms with van der Waals surface area (Å²) in [4.78, 5) is 8.39. The van der Waals surface area contributed by atoms with E-state index in [0.717, 1.165) is 0 Å². The molecule has 4 heteroatoms. The quantitative estimate of drug-likeness (QED) is 0.722. The number of benzene rings is 1. The largest absolute Gasteiger partial charge is 0.494 e. The Balaban J connectivity index is 2.78. The van der Waals surface area contributed by atoms with Crippen LogP contribution in [0.5, 0.6) is 11.5 Å². The molecule has 2 rings (SSSR count). The minimum absolute atomic E-state index is 0.703. The third-order valence-electron chi connectivity index (χ3n) is 1.99. The maximum absolute atomic E-state index is 5.17. The number of nitrogens with zero attached hydrogens (tertiary/aromatic N) is 2. The van der Waals surface area contributed by atoms with Crippen molar-refractivity contribution in [2.45, 2.75) is 0 Å². The van der Waals surface area contributed by atoms with Gasteiger partial charge in [-0.3, -0.25) is 0 Å². The summed E-state index contributed by atoms with van der Waals surface area (Å²) in [6, 6.07) is 3.63. The zero-order chi connectivity index (χ0) is 9.97. The first-order valence-electron chi connectivity index (χ1n) is 4.18. The molecule has 0 amide bonds. The van der Waals surface area contributed by atoms with Crippen molar-refractivity contribution < 1.29 is 9.47 Å². The van der Waals surface area contributed by atoms with Crippen molar-refractivity contribution in [3.05, 3.63) is 24.5 Å². The van der Waals surface area contributed by atoms with E-state index < -0.39 is 0 Å². The minimum Gasteiger partial charge on any atom is -0.494 e. The second-order valence-electron chi connectivity index (χ2n) is 2.72. The Bertz CT molecular complexity index is 414.